The molecule has 0 saturated carbocycles. The average molecular weight is 340 g/mol. The van der Waals surface area contributed by atoms with Crippen molar-refractivity contribution in [2.45, 2.75) is 36.8 Å². The Morgan fingerprint density at radius 1 is 1.29 bits per heavy atom. The third kappa shape index (κ3) is 3.21. The third-order valence-electron chi connectivity index (χ3n) is 3.29. The quantitative estimate of drug-likeness (QED) is 0.795. The largest absolute Gasteiger partial charge is 0.373 e. The van der Waals surface area contributed by atoms with E-state index in [0.29, 0.717) is 0 Å². The fourth-order valence-corrected chi connectivity index (χ4v) is 4.29. The van der Waals surface area contributed by atoms with E-state index >= 15 is 0 Å². The Kier molecular flexibility index (Phi) is 4.87. The summed E-state index contributed by atoms with van der Waals surface area (Å²) in [5.41, 5.74) is -0.438. The van der Waals surface area contributed by atoms with Crippen molar-refractivity contribution in [1.82, 2.24) is 4.31 Å². The van der Waals surface area contributed by atoms with Crippen molar-refractivity contribution in [2.24, 2.45) is 0 Å². The summed E-state index contributed by atoms with van der Waals surface area (Å²) in [6.45, 7) is 3.73. The number of rotatable bonds is 3. The Hall–Kier alpha value is -0.760. The van der Waals surface area contributed by atoms with Crippen LogP contribution in [0.2, 0.25) is 0 Å². The number of benzene rings is 1. The van der Waals surface area contributed by atoms with Crippen molar-refractivity contribution in [3.8, 4) is 0 Å². The Morgan fingerprint density at radius 2 is 1.86 bits per heavy atom. The SMILES string of the molecule is C[C@@H]1CN(S(=O)(=O)c2ccc(F)c(CCl)c2F)C[C@H](C)O1. The molecule has 0 aliphatic carbocycles. The van der Waals surface area contributed by atoms with E-state index in [1.807, 2.05) is 0 Å². The molecule has 0 N–H and O–H groups in total. The van der Waals surface area contributed by atoms with Crippen LogP contribution in [-0.4, -0.2) is 38.0 Å². The number of ether oxygens (including phenoxy) is 1. The lowest BCUT2D eigenvalue weighted by Gasteiger charge is -2.34. The Balaban J connectivity index is 2.45. The minimum absolute atomic E-state index is 0.125. The number of hydrogen-bond acceptors (Lipinski definition) is 3. The zero-order chi connectivity index (χ0) is 15.8. The van der Waals surface area contributed by atoms with Gasteiger partial charge in [-0.15, -0.1) is 11.6 Å². The summed E-state index contributed by atoms with van der Waals surface area (Å²) in [5, 5.41) is 0. The van der Waals surface area contributed by atoms with Crippen LogP contribution in [-0.2, 0) is 20.6 Å². The molecule has 0 amide bonds. The number of halogens is 3. The van der Waals surface area contributed by atoms with Gasteiger partial charge in [-0.3, -0.25) is 0 Å². The summed E-state index contributed by atoms with van der Waals surface area (Å²) in [7, 11) is -4.05. The maximum atomic E-state index is 14.2. The molecule has 1 fully saturated rings. The highest BCUT2D eigenvalue weighted by atomic mass is 35.5. The molecule has 1 aromatic rings. The van der Waals surface area contributed by atoms with Crippen LogP contribution in [0.1, 0.15) is 19.4 Å². The molecule has 1 aliphatic rings. The van der Waals surface area contributed by atoms with Gasteiger partial charge in [-0.25, -0.2) is 17.2 Å². The second kappa shape index (κ2) is 6.16. The molecular weight excluding hydrogens is 324 g/mol. The van der Waals surface area contributed by atoms with Crippen LogP contribution in [0.15, 0.2) is 17.0 Å². The second-order valence-corrected chi connectivity index (χ2v) is 7.22. The fraction of sp³-hybridized carbons (Fsp3) is 0.538. The van der Waals surface area contributed by atoms with Gasteiger partial charge in [0.1, 0.15) is 10.7 Å². The van der Waals surface area contributed by atoms with E-state index in [4.69, 9.17) is 16.3 Å². The van der Waals surface area contributed by atoms with E-state index in [0.717, 1.165) is 16.4 Å². The van der Waals surface area contributed by atoms with E-state index in [1.165, 1.54) is 0 Å². The molecule has 0 radical (unpaired) electrons. The summed E-state index contributed by atoms with van der Waals surface area (Å²) in [5.74, 6) is -2.42. The van der Waals surface area contributed by atoms with Crippen LogP contribution >= 0.6 is 11.6 Å². The Bertz CT molecular complexity index is 629. The molecule has 8 heteroatoms. The number of morpholine rings is 1. The first kappa shape index (κ1) is 16.6. The minimum Gasteiger partial charge on any atom is -0.373 e. The molecule has 1 aromatic carbocycles. The first-order chi connectivity index (χ1) is 9.77. The summed E-state index contributed by atoms with van der Waals surface area (Å²) >= 11 is 5.48. The molecule has 21 heavy (non-hydrogen) atoms. The van der Waals surface area contributed by atoms with E-state index in [2.05, 4.69) is 0 Å². The highest BCUT2D eigenvalue weighted by Crippen LogP contribution is 2.27. The molecule has 2 atom stereocenters. The number of alkyl halides is 1. The third-order valence-corrected chi connectivity index (χ3v) is 5.40. The summed E-state index contributed by atoms with van der Waals surface area (Å²) < 4.78 is 59.4. The molecule has 0 aromatic heterocycles. The molecule has 1 saturated heterocycles. The smallest absolute Gasteiger partial charge is 0.246 e. The van der Waals surface area contributed by atoms with E-state index in [-0.39, 0.29) is 25.3 Å². The van der Waals surface area contributed by atoms with Gasteiger partial charge >= 0.3 is 0 Å². The van der Waals surface area contributed by atoms with Crippen molar-refractivity contribution in [1.29, 1.82) is 0 Å². The van der Waals surface area contributed by atoms with Crippen LogP contribution in [0.25, 0.3) is 0 Å². The minimum atomic E-state index is -4.05. The van der Waals surface area contributed by atoms with Crippen molar-refractivity contribution in [2.75, 3.05) is 13.1 Å². The molecule has 1 heterocycles. The molecule has 0 bridgehead atoms. The number of nitrogens with zero attached hydrogens (tertiary/aromatic N) is 1. The summed E-state index contributed by atoms with van der Waals surface area (Å²) in [4.78, 5) is -0.555. The molecular formula is C13H16ClF2NO3S. The van der Waals surface area contributed by atoms with Gasteiger partial charge in [-0.05, 0) is 26.0 Å². The lowest BCUT2D eigenvalue weighted by Crippen LogP contribution is -2.48. The number of sulfonamides is 1. The molecule has 0 spiro atoms. The van der Waals surface area contributed by atoms with E-state index in [1.54, 1.807) is 13.8 Å². The van der Waals surface area contributed by atoms with E-state index < -0.39 is 38.0 Å². The normalized spacial score (nSPS) is 24.2. The van der Waals surface area contributed by atoms with Gasteiger partial charge in [0, 0.05) is 18.7 Å². The molecule has 118 valence electrons. The zero-order valence-electron chi connectivity index (χ0n) is 11.6. The highest BCUT2D eigenvalue weighted by molar-refractivity contribution is 7.89. The maximum absolute atomic E-state index is 14.2. The van der Waals surface area contributed by atoms with Crippen LogP contribution in [0.4, 0.5) is 8.78 Å². The van der Waals surface area contributed by atoms with Crippen molar-refractivity contribution >= 4 is 21.6 Å². The van der Waals surface area contributed by atoms with Gasteiger partial charge in [0.25, 0.3) is 0 Å². The van der Waals surface area contributed by atoms with Gasteiger partial charge in [0.2, 0.25) is 10.0 Å². The van der Waals surface area contributed by atoms with Gasteiger partial charge < -0.3 is 4.74 Å². The Morgan fingerprint density at radius 3 is 2.38 bits per heavy atom. The van der Waals surface area contributed by atoms with Crippen molar-refractivity contribution < 1.29 is 21.9 Å². The maximum Gasteiger partial charge on any atom is 0.246 e. The highest BCUT2D eigenvalue weighted by Gasteiger charge is 2.34. The number of hydrogen-bond donors (Lipinski definition) is 0. The fourth-order valence-electron chi connectivity index (χ4n) is 2.36. The predicted molar refractivity (Wildman–Crippen MR) is 74.7 cm³/mol. The lowest BCUT2D eigenvalue weighted by molar-refractivity contribution is -0.0441. The molecule has 4 nitrogen and oxygen atoms in total. The van der Waals surface area contributed by atoms with Crippen LogP contribution in [0.5, 0.6) is 0 Å². The first-order valence-corrected chi connectivity index (χ1v) is 8.43. The standard InChI is InChI=1S/C13H16ClF2NO3S/c1-8-6-17(7-9(2)20-8)21(18,19)12-4-3-11(15)10(5-14)13(12)16/h3-4,8-9H,5-7H2,1-2H3/t8-,9+. The van der Waals surface area contributed by atoms with E-state index in [9.17, 15) is 17.2 Å². The molecule has 2 rings (SSSR count). The van der Waals surface area contributed by atoms with Crippen LogP contribution in [0.3, 0.4) is 0 Å². The van der Waals surface area contributed by atoms with Gasteiger partial charge in [0.05, 0.1) is 18.1 Å². The second-order valence-electron chi connectivity index (χ2n) is 5.05. The topological polar surface area (TPSA) is 46.6 Å². The Labute approximate surface area is 127 Å². The van der Waals surface area contributed by atoms with Crippen molar-refractivity contribution in [3.05, 3.63) is 29.3 Å². The van der Waals surface area contributed by atoms with Crippen molar-refractivity contribution in [3.63, 3.8) is 0 Å². The summed E-state index contributed by atoms with van der Waals surface area (Å²) in [6.07, 6.45) is -0.584. The lowest BCUT2D eigenvalue weighted by atomic mass is 10.2. The monoisotopic (exact) mass is 339 g/mol. The van der Waals surface area contributed by atoms with Gasteiger partial charge in [-0.2, -0.15) is 4.31 Å². The predicted octanol–water partition coefficient (Wildman–Crippen LogP) is 2.50. The summed E-state index contributed by atoms with van der Waals surface area (Å²) in [6, 6.07) is 1.85. The average Bonchev–Trinajstić information content (AvgIpc) is 2.37. The van der Waals surface area contributed by atoms with Crippen LogP contribution in [0, 0.1) is 11.6 Å². The van der Waals surface area contributed by atoms with Gasteiger partial charge in [0.15, 0.2) is 5.82 Å². The van der Waals surface area contributed by atoms with Gasteiger partial charge in [-0.1, -0.05) is 0 Å². The molecule has 0 unspecified atom stereocenters. The molecule has 1 aliphatic heterocycles. The van der Waals surface area contributed by atoms with Crippen LogP contribution < -0.4 is 0 Å². The zero-order valence-corrected chi connectivity index (χ0v) is 13.2. The first-order valence-electron chi connectivity index (χ1n) is 6.45.